The highest BCUT2D eigenvalue weighted by atomic mass is 16.7. The minimum atomic E-state index is -1.51. The van der Waals surface area contributed by atoms with Crippen molar-refractivity contribution < 1.29 is 153 Å². The van der Waals surface area contributed by atoms with E-state index in [1.165, 1.54) is 12.3 Å². The van der Waals surface area contributed by atoms with E-state index in [9.17, 15) is 61.3 Å². The first-order valence-corrected chi connectivity index (χ1v) is 25.1. The van der Waals surface area contributed by atoms with Crippen molar-refractivity contribution in [3.05, 3.63) is 12.3 Å². The average Bonchev–Trinajstić information content (AvgIpc) is 3.31. The SMILES string of the molecule is CC(C)(C)OC1C(CO)OC(O)C(O)C1O.CC(C)(C)OC1OC=CC(O)C1O.CC(C)(C)OC1OCC(OC2OC(CO)C(OC(C)(C)C)C(O)C2O)C(O)C1O.CC(C)(C)OC1OCCC(O)C1O.O.O=C=O.O=C=O.O=C=O. The van der Waals surface area contributed by atoms with E-state index in [0.717, 1.165) is 0 Å². The molecule has 478 valence electrons. The van der Waals surface area contributed by atoms with Gasteiger partial charge in [0.05, 0.1) is 66.8 Å². The molecule has 0 aromatic heterocycles. The van der Waals surface area contributed by atoms with Gasteiger partial charge in [-0.3, -0.25) is 0 Å². The Kier molecular flexibility index (Phi) is 38.3. The molecule has 31 heteroatoms. The van der Waals surface area contributed by atoms with Crippen LogP contribution in [0.3, 0.4) is 0 Å². The summed E-state index contributed by atoms with van der Waals surface area (Å²) in [6.45, 7) is 26.7. The molecule has 5 aliphatic rings. The molecule has 81 heavy (non-hydrogen) atoms. The van der Waals surface area contributed by atoms with Gasteiger partial charge in [0.1, 0.15) is 85.5 Å². The van der Waals surface area contributed by atoms with E-state index < -0.39 is 159 Å². The number of hydrogen-bond acceptors (Lipinski definition) is 30. The second-order valence-corrected chi connectivity index (χ2v) is 23.0. The van der Waals surface area contributed by atoms with Gasteiger partial charge in [-0.2, -0.15) is 28.8 Å². The minimum Gasteiger partial charge on any atom is -0.470 e. The van der Waals surface area contributed by atoms with Crippen molar-refractivity contribution in [3.8, 4) is 0 Å². The lowest BCUT2D eigenvalue weighted by Crippen LogP contribution is -2.63. The zero-order chi connectivity index (χ0) is 62.9. The Labute approximate surface area is 470 Å². The topological polar surface area (TPSA) is 498 Å². The summed E-state index contributed by atoms with van der Waals surface area (Å²) in [5.74, 6) is 0. The zero-order valence-electron chi connectivity index (χ0n) is 48.5. The largest absolute Gasteiger partial charge is 0.470 e. The second-order valence-electron chi connectivity index (χ2n) is 23.0. The van der Waals surface area contributed by atoms with Crippen LogP contribution >= 0.6 is 0 Å². The van der Waals surface area contributed by atoms with E-state index >= 15 is 0 Å². The van der Waals surface area contributed by atoms with Crippen molar-refractivity contribution >= 4 is 18.5 Å². The summed E-state index contributed by atoms with van der Waals surface area (Å²) in [5.41, 5.74) is -2.57. The fraction of sp³-hybridized carbons (Fsp3) is 0.900. The van der Waals surface area contributed by atoms with Crippen LogP contribution < -0.4 is 0 Å². The fourth-order valence-corrected chi connectivity index (χ4v) is 7.06. The molecule has 5 rings (SSSR count). The molecule has 0 saturated carbocycles. The predicted octanol–water partition coefficient (Wildman–Crippen LogP) is -4.42. The van der Waals surface area contributed by atoms with E-state index in [1.54, 1.807) is 62.3 Å². The maximum absolute atomic E-state index is 10.5. The van der Waals surface area contributed by atoms with Crippen LogP contribution in [0.1, 0.15) is 110 Å². The maximum atomic E-state index is 10.5. The molecule has 0 spiro atoms. The van der Waals surface area contributed by atoms with E-state index in [-0.39, 0.29) is 36.1 Å². The first-order valence-electron chi connectivity index (χ1n) is 25.1. The summed E-state index contributed by atoms with van der Waals surface area (Å²) in [5, 5.41) is 126. The number of rotatable bonds is 9. The van der Waals surface area contributed by atoms with Crippen molar-refractivity contribution in [1.29, 1.82) is 0 Å². The molecule has 0 aliphatic carbocycles. The van der Waals surface area contributed by atoms with Gasteiger partial charge in [0, 0.05) is 0 Å². The highest BCUT2D eigenvalue weighted by Crippen LogP contribution is 2.32. The van der Waals surface area contributed by atoms with Gasteiger partial charge in [0.2, 0.25) is 6.29 Å². The lowest BCUT2D eigenvalue weighted by atomic mass is 9.97. The zero-order valence-corrected chi connectivity index (χ0v) is 48.5. The van der Waals surface area contributed by atoms with Crippen LogP contribution in [0.2, 0.25) is 0 Å². The maximum Gasteiger partial charge on any atom is 0.373 e. The van der Waals surface area contributed by atoms with Crippen LogP contribution in [0.25, 0.3) is 0 Å². The van der Waals surface area contributed by atoms with E-state index in [0.29, 0.717) is 13.0 Å². The number of carbonyl (C=O) groups excluding carboxylic acids is 6. The number of ether oxygens (including phenoxy) is 11. The summed E-state index contributed by atoms with van der Waals surface area (Å²) < 4.78 is 59.4. The Morgan fingerprint density at radius 3 is 1.23 bits per heavy atom. The third-order valence-corrected chi connectivity index (χ3v) is 10.3. The number of hydrogen-bond donors (Lipinski definition) is 13. The third kappa shape index (κ3) is 32.5. The molecule has 0 radical (unpaired) electrons. The molecule has 0 bridgehead atoms. The van der Waals surface area contributed by atoms with Crippen molar-refractivity contribution in [2.75, 3.05) is 26.4 Å². The number of aliphatic hydroxyl groups is 13. The summed E-state index contributed by atoms with van der Waals surface area (Å²) in [4.78, 5) is 48.8. The molecule has 20 atom stereocenters. The van der Waals surface area contributed by atoms with Crippen LogP contribution in [0, 0.1) is 0 Å². The van der Waals surface area contributed by atoms with Crippen molar-refractivity contribution in [1.82, 2.24) is 0 Å². The summed E-state index contributed by atoms with van der Waals surface area (Å²) in [6, 6.07) is 0. The van der Waals surface area contributed by atoms with E-state index in [4.69, 9.17) is 86.0 Å². The molecular formula is C50H92O31. The molecule has 5 heterocycles. The average molecular weight is 1190 g/mol. The highest BCUT2D eigenvalue weighted by molar-refractivity contribution is 5.20. The Hall–Kier alpha value is -3.28. The van der Waals surface area contributed by atoms with Gasteiger partial charge in [-0.05, 0) is 116 Å². The van der Waals surface area contributed by atoms with Crippen LogP contribution in [0.4, 0.5) is 0 Å². The fourth-order valence-electron chi connectivity index (χ4n) is 7.06. The molecule has 4 saturated heterocycles. The second kappa shape index (κ2) is 37.9. The van der Waals surface area contributed by atoms with Crippen LogP contribution in [0.15, 0.2) is 12.3 Å². The van der Waals surface area contributed by atoms with E-state index in [1.807, 2.05) is 41.5 Å². The van der Waals surface area contributed by atoms with Crippen molar-refractivity contribution in [3.63, 3.8) is 0 Å². The van der Waals surface area contributed by atoms with Crippen molar-refractivity contribution in [2.45, 2.75) is 261 Å². The smallest absolute Gasteiger partial charge is 0.373 e. The Bertz CT molecular complexity index is 1770. The third-order valence-electron chi connectivity index (χ3n) is 10.3. The number of aliphatic hydroxyl groups excluding tert-OH is 13. The standard InChI is InChI=1S/C19H36O10.C10H20O6.C9H18O4.C9H16O4.3CO2.H2O/c1-18(2,3)28-15-9(7-20)26-17(14(24)12(15)22)27-10-8-25-16(13(23)11(10)21)29-19(4,5)6;1-10(2,3)16-8-5(4-11)15-9(14)7(13)6(8)12;2*1-9(2,3)13-8-7(11)6(10)4-5-12-8;3*2-1-3;/h9-17,20-24H,7-8H2,1-6H3;5-9,11-14H,4H2,1-3H3;6-8,10-11H,4-5H2,1-3H3;4-8,10-11H,1-3H3;;;;1H2. The summed E-state index contributed by atoms with van der Waals surface area (Å²) in [7, 11) is 0. The minimum absolute atomic E-state index is 0. The lowest BCUT2D eigenvalue weighted by molar-refractivity contribution is -0.355. The molecule has 0 amide bonds. The molecular weight excluding hydrogens is 1100 g/mol. The van der Waals surface area contributed by atoms with Gasteiger partial charge in [-0.1, -0.05) is 0 Å². The molecule has 31 nitrogen and oxygen atoms in total. The van der Waals surface area contributed by atoms with E-state index in [2.05, 4.69) is 0 Å². The van der Waals surface area contributed by atoms with Gasteiger partial charge >= 0.3 is 18.5 Å². The normalized spacial score (nSPS) is 34.8. The first kappa shape index (κ1) is 81.9. The van der Waals surface area contributed by atoms with Crippen LogP contribution in [-0.4, -0.2) is 268 Å². The Balaban J connectivity index is -0.00000100. The van der Waals surface area contributed by atoms with Gasteiger partial charge in [0.25, 0.3) is 0 Å². The lowest BCUT2D eigenvalue weighted by Gasteiger charge is -2.46. The first-order chi connectivity index (χ1) is 36.5. The van der Waals surface area contributed by atoms with Crippen LogP contribution in [-0.2, 0) is 80.9 Å². The molecule has 0 aromatic rings. The summed E-state index contributed by atoms with van der Waals surface area (Å²) in [6.07, 6.45) is -18.2. The van der Waals surface area contributed by atoms with Gasteiger partial charge in [-0.25, -0.2) is 0 Å². The Morgan fingerprint density at radius 1 is 0.457 bits per heavy atom. The molecule has 0 aromatic carbocycles. The molecule has 5 aliphatic heterocycles. The van der Waals surface area contributed by atoms with Gasteiger partial charge < -0.3 is 124 Å². The van der Waals surface area contributed by atoms with Crippen molar-refractivity contribution in [2.24, 2.45) is 0 Å². The summed E-state index contributed by atoms with van der Waals surface area (Å²) >= 11 is 0. The highest BCUT2D eigenvalue weighted by Gasteiger charge is 2.50. The van der Waals surface area contributed by atoms with Gasteiger partial charge in [0.15, 0.2) is 25.2 Å². The monoisotopic (exact) mass is 1190 g/mol. The molecule has 15 N–H and O–H groups in total. The Morgan fingerprint density at radius 2 is 0.827 bits per heavy atom. The molecule has 20 unspecified atom stereocenters. The quantitative estimate of drug-likeness (QED) is 0.104. The predicted molar refractivity (Wildman–Crippen MR) is 267 cm³/mol. The molecule has 4 fully saturated rings. The van der Waals surface area contributed by atoms with Gasteiger partial charge in [-0.15, -0.1) is 0 Å². The van der Waals surface area contributed by atoms with Crippen LogP contribution in [0.5, 0.6) is 0 Å².